The Hall–Kier alpha value is -3.01. The molecule has 0 bridgehead atoms. The van der Waals surface area contributed by atoms with Crippen LogP contribution in [0.3, 0.4) is 0 Å². The highest BCUT2D eigenvalue weighted by Crippen LogP contribution is 2.15. The first-order chi connectivity index (χ1) is 12.2. The zero-order chi connectivity index (χ0) is 19.2. The molecule has 2 N–H and O–H groups in total. The van der Waals surface area contributed by atoms with E-state index in [2.05, 4.69) is 20.9 Å². The van der Waals surface area contributed by atoms with Crippen LogP contribution in [0.15, 0.2) is 43.4 Å². The number of carbonyl (C=O) groups excluding carboxylic acids is 1. The van der Waals surface area contributed by atoms with Crippen LogP contribution in [0.5, 0.6) is 0 Å². The molecule has 0 aliphatic carbocycles. The highest BCUT2D eigenvalue weighted by molar-refractivity contribution is 9.10. The number of nitrogen functional groups attached to an aromatic ring is 1. The smallest absolute Gasteiger partial charge is 0.332 e. The van der Waals surface area contributed by atoms with Gasteiger partial charge < -0.3 is 5.73 Å². The first kappa shape index (κ1) is 17.8. The fourth-order valence-corrected chi connectivity index (χ4v) is 2.96. The molecular formula is C16H14BrN5O4. The summed E-state index contributed by atoms with van der Waals surface area (Å²) in [5.41, 5.74) is 4.05. The van der Waals surface area contributed by atoms with Gasteiger partial charge in [-0.2, -0.15) is 0 Å². The third kappa shape index (κ3) is 2.77. The number of benzene rings is 1. The van der Waals surface area contributed by atoms with E-state index in [0.717, 1.165) is 13.7 Å². The zero-order valence-corrected chi connectivity index (χ0v) is 15.5. The van der Waals surface area contributed by atoms with Gasteiger partial charge in [0.2, 0.25) is 0 Å². The van der Waals surface area contributed by atoms with E-state index in [1.807, 2.05) is 0 Å². The van der Waals surface area contributed by atoms with Gasteiger partial charge in [-0.3, -0.25) is 28.1 Å². The molecule has 3 aromatic rings. The summed E-state index contributed by atoms with van der Waals surface area (Å²) in [5, 5.41) is 0.330. The van der Waals surface area contributed by atoms with Gasteiger partial charge in [0.05, 0.1) is 23.8 Å². The second-order valence-corrected chi connectivity index (χ2v) is 6.64. The first-order valence-corrected chi connectivity index (χ1v) is 8.25. The van der Waals surface area contributed by atoms with E-state index < -0.39 is 29.1 Å². The fourth-order valence-electron chi connectivity index (χ4n) is 2.60. The van der Waals surface area contributed by atoms with Gasteiger partial charge in [0.25, 0.3) is 11.1 Å². The monoisotopic (exact) mass is 419 g/mol. The quantitative estimate of drug-likeness (QED) is 0.597. The maximum atomic E-state index is 12.6. The van der Waals surface area contributed by atoms with Gasteiger partial charge in [0, 0.05) is 18.6 Å². The third-order valence-corrected chi connectivity index (χ3v) is 4.58. The molecule has 0 atom stereocenters. The van der Waals surface area contributed by atoms with Crippen LogP contribution in [0, 0.1) is 0 Å². The summed E-state index contributed by atoms with van der Waals surface area (Å²) < 4.78 is 3.60. The molecule has 0 saturated heterocycles. The van der Waals surface area contributed by atoms with E-state index in [9.17, 15) is 19.2 Å². The SMILES string of the molecule is Cn1c(N)c(C(=O)Cn2cnc3ccc(Br)cc3c2=O)c(=O)n(C)c1=O. The molecule has 0 unspecified atom stereocenters. The van der Waals surface area contributed by atoms with Gasteiger partial charge in [-0.05, 0) is 18.2 Å². The number of Topliss-reactive ketones (excluding diaryl/α,β-unsaturated/α-hetero) is 1. The lowest BCUT2D eigenvalue weighted by molar-refractivity contribution is 0.0968. The number of hydrogen-bond donors (Lipinski definition) is 1. The van der Waals surface area contributed by atoms with Crippen LogP contribution in [0.25, 0.3) is 10.9 Å². The van der Waals surface area contributed by atoms with Gasteiger partial charge in [0.1, 0.15) is 11.4 Å². The highest BCUT2D eigenvalue weighted by atomic mass is 79.9. The number of hydrogen-bond acceptors (Lipinski definition) is 6. The Balaban J connectivity index is 2.12. The molecule has 0 spiro atoms. The van der Waals surface area contributed by atoms with Gasteiger partial charge in [-0.15, -0.1) is 0 Å². The van der Waals surface area contributed by atoms with Crippen LogP contribution >= 0.6 is 15.9 Å². The molecule has 3 rings (SSSR count). The molecule has 134 valence electrons. The maximum absolute atomic E-state index is 12.6. The van der Waals surface area contributed by atoms with E-state index >= 15 is 0 Å². The fraction of sp³-hybridized carbons (Fsp3) is 0.188. The molecule has 9 nitrogen and oxygen atoms in total. The molecule has 0 aliphatic heterocycles. The number of halogens is 1. The molecule has 1 aromatic carbocycles. The van der Waals surface area contributed by atoms with E-state index in [0.29, 0.717) is 15.4 Å². The lowest BCUT2D eigenvalue weighted by Crippen LogP contribution is -2.42. The average Bonchev–Trinajstić information content (AvgIpc) is 2.61. The van der Waals surface area contributed by atoms with Crippen molar-refractivity contribution in [1.29, 1.82) is 0 Å². The van der Waals surface area contributed by atoms with Crippen molar-refractivity contribution < 1.29 is 4.79 Å². The van der Waals surface area contributed by atoms with Gasteiger partial charge in [-0.1, -0.05) is 15.9 Å². The Morgan fingerprint density at radius 1 is 1.15 bits per heavy atom. The van der Waals surface area contributed by atoms with Crippen molar-refractivity contribution in [2.75, 3.05) is 5.73 Å². The Kier molecular flexibility index (Phi) is 4.36. The lowest BCUT2D eigenvalue weighted by atomic mass is 10.2. The molecular weight excluding hydrogens is 406 g/mol. The molecule has 2 heterocycles. The Labute approximate surface area is 154 Å². The predicted molar refractivity (Wildman–Crippen MR) is 99.4 cm³/mol. The summed E-state index contributed by atoms with van der Waals surface area (Å²) in [6.07, 6.45) is 1.24. The van der Waals surface area contributed by atoms with Crippen molar-refractivity contribution in [2.45, 2.75) is 6.54 Å². The molecule has 0 saturated carbocycles. The number of nitrogens with zero attached hydrogens (tertiary/aromatic N) is 4. The van der Waals surface area contributed by atoms with Crippen LogP contribution in [0.2, 0.25) is 0 Å². The summed E-state index contributed by atoms with van der Waals surface area (Å²) in [5.74, 6) is -0.926. The lowest BCUT2D eigenvalue weighted by Gasteiger charge is -2.11. The van der Waals surface area contributed by atoms with Crippen molar-refractivity contribution in [3.05, 3.63) is 65.8 Å². The molecule has 0 radical (unpaired) electrons. The van der Waals surface area contributed by atoms with E-state index in [1.165, 1.54) is 20.4 Å². The van der Waals surface area contributed by atoms with Crippen molar-refractivity contribution in [3.63, 3.8) is 0 Å². The molecule has 2 aromatic heterocycles. The molecule has 0 amide bonds. The normalized spacial score (nSPS) is 11.0. The second-order valence-electron chi connectivity index (χ2n) is 5.73. The van der Waals surface area contributed by atoms with Crippen LogP contribution in [0.1, 0.15) is 10.4 Å². The average molecular weight is 420 g/mol. The van der Waals surface area contributed by atoms with Crippen molar-refractivity contribution >= 4 is 38.4 Å². The minimum Gasteiger partial charge on any atom is -0.384 e. The van der Waals surface area contributed by atoms with Crippen molar-refractivity contribution in [3.8, 4) is 0 Å². The molecule has 10 heteroatoms. The maximum Gasteiger partial charge on any atom is 0.332 e. The van der Waals surface area contributed by atoms with Crippen LogP contribution < -0.4 is 22.5 Å². The predicted octanol–water partition coefficient (Wildman–Crippen LogP) is 0.0215. The number of nitrogens with two attached hydrogens (primary N) is 1. The standard InChI is InChI=1S/C16H14BrN5O4/c1-20-13(18)12(15(25)21(2)16(20)26)11(23)6-22-7-19-10-4-3-8(17)5-9(10)14(22)24/h3-5,7H,6,18H2,1-2H3. The highest BCUT2D eigenvalue weighted by Gasteiger charge is 2.21. The van der Waals surface area contributed by atoms with E-state index in [4.69, 9.17) is 5.73 Å². The van der Waals surface area contributed by atoms with E-state index in [1.54, 1.807) is 18.2 Å². The molecule has 26 heavy (non-hydrogen) atoms. The molecule has 0 fully saturated rings. The Bertz CT molecular complexity index is 1240. The topological polar surface area (TPSA) is 122 Å². The van der Waals surface area contributed by atoms with Gasteiger partial charge in [-0.25, -0.2) is 9.78 Å². The largest absolute Gasteiger partial charge is 0.384 e. The third-order valence-electron chi connectivity index (χ3n) is 4.09. The number of anilines is 1. The summed E-state index contributed by atoms with van der Waals surface area (Å²) in [4.78, 5) is 53.5. The summed E-state index contributed by atoms with van der Waals surface area (Å²) in [6.45, 7) is -0.425. The number of carbonyl (C=O) groups is 1. The minimum atomic E-state index is -0.805. The minimum absolute atomic E-state index is 0.243. The number of fused-ring (bicyclic) bond motifs is 1. The first-order valence-electron chi connectivity index (χ1n) is 7.45. The van der Waals surface area contributed by atoms with Crippen LogP contribution in [-0.4, -0.2) is 24.5 Å². The summed E-state index contributed by atoms with van der Waals surface area (Å²) >= 11 is 3.28. The Morgan fingerprint density at radius 3 is 2.54 bits per heavy atom. The van der Waals surface area contributed by atoms with Crippen LogP contribution in [-0.2, 0) is 20.6 Å². The number of rotatable bonds is 3. The number of ketones is 1. The van der Waals surface area contributed by atoms with Crippen molar-refractivity contribution in [2.24, 2.45) is 14.1 Å². The summed E-state index contributed by atoms with van der Waals surface area (Å²) in [6, 6.07) is 5.03. The van der Waals surface area contributed by atoms with Crippen molar-refractivity contribution in [1.82, 2.24) is 18.7 Å². The van der Waals surface area contributed by atoms with Gasteiger partial charge >= 0.3 is 5.69 Å². The second kappa shape index (κ2) is 6.37. The van der Waals surface area contributed by atoms with Crippen LogP contribution in [0.4, 0.5) is 5.82 Å². The van der Waals surface area contributed by atoms with Gasteiger partial charge in [0.15, 0.2) is 5.78 Å². The zero-order valence-electron chi connectivity index (χ0n) is 13.9. The van der Waals surface area contributed by atoms with E-state index in [-0.39, 0.29) is 11.4 Å². The number of aromatic nitrogens is 4. The molecule has 0 aliphatic rings. The summed E-state index contributed by atoms with van der Waals surface area (Å²) in [7, 11) is 2.61. The Morgan fingerprint density at radius 2 is 1.85 bits per heavy atom.